The molecule has 2 N–H and O–H groups in total. The molecule has 0 radical (unpaired) electrons. The van der Waals surface area contributed by atoms with E-state index in [-0.39, 0.29) is 36.5 Å². The molecule has 0 atom stereocenters. The number of nitrogens with one attached hydrogen (secondary N) is 2. The lowest BCUT2D eigenvalue weighted by Gasteiger charge is -2.20. The Balaban J connectivity index is 0.00000220. The molecule has 1 aliphatic heterocycles. The van der Waals surface area contributed by atoms with Gasteiger partial charge in [0.2, 0.25) is 5.91 Å². The molecule has 1 aromatic rings. The molecule has 0 unspecified atom stereocenters. The molecule has 22 heavy (non-hydrogen) atoms. The smallest absolute Gasteiger partial charge is 0.238 e. The first-order valence-corrected chi connectivity index (χ1v) is 7.18. The summed E-state index contributed by atoms with van der Waals surface area (Å²) in [7, 11) is 0. The summed E-state index contributed by atoms with van der Waals surface area (Å²) < 4.78 is 14.4. The molecule has 0 bridgehead atoms. The zero-order valence-electron chi connectivity index (χ0n) is 12.9. The van der Waals surface area contributed by atoms with Gasteiger partial charge >= 0.3 is 0 Å². The van der Waals surface area contributed by atoms with E-state index in [1.165, 1.54) is 0 Å². The Labute approximate surface area is 143 Å². The molecular weight excluding hydrogens is 328 g/mol. The van der Waals surface area contributed by atoms with E-state index >= 15 is 0 Å². The fourth-order valence-corrected chi connectivity index (χ4v) is 2.47. The van der Waals surface area contributed by atoms with Gasteiger partial charge in [-0.25, -0.2) is 4.39 Å². The van der Waals surface area contributed by atoms with Crippen LogP contribution >= 0.6 is 24.8 Å². The number of nitrogens with zero attached hydrogens (tertiary/aromatic N) is 1. The maximum absolute atomic E-state index is 14.4. The van der Waals surface area contributed by atoms with Crippen LogP contribution in [0.15, 0.2) is 12.1 Å². The van der Waals surface area contributed by atoms with E-state index in [1.807, 2.05) is 24.8 Å². The van der Waals surface area contributed by atoms with E-state index in [0.717, 1.165) is 30.8 Å². The third-order valence-corrected chi connectivity index (χ3v) is 3.74. The SMILES string of the molecule is CCN(CC)CC(=O)Nc1ccc2c(c1F)CCNC2.Cl.Cl. The van der Waals surface area contributed by atoms with E-state index in [4.69, 9.17) is 0 Å². The molecule has 2 rings (SSSR count). The van der Waals surface area contributed by atoms with Crippen molar-refractivity contribution in [1.82, 2.24) is 10.2 Å². The highest BCUT2D eigenvalue weighted by Gasteiger charge is 2.17. The third-order valence-electron chi connectivity index (χ3n) is 3.74. The number of carbonyl (C=O) groups is 1. The molecule has 7 heteroatoms. The van der Waals surface area contributed by atoms with Crippen LogP contribution in [0.2, 0.25) is 0 Å². The number of benzene rings is 1. The molecule has 4 nitrogen and oxygen atoms in total. The van der Waals surface area contributed by atoms with E-state index in [0.29, 0.717) is 25.2 Å². The maximum Gasteiger partial charge on any atom is 0.238 e. The summed E-state index contributed by atoms with van der Waals surface area (Å²) in [5.74, 6) is -0.446. The van der Waals surface area contributed by atoms with Gasteiger partial charge in [-0.3, -0.25) is 9.69 Å². The zero-order valence-corrected chi connectivity index (χ0v) is 14.6. The summed E-state index contributed by atoms with van der Waals surface area (Å²) in [6, 6.07) is 3.54. The van der Waals surface area contributed by atoms with Gasteiger partial charge in [-0.1, -0.05) is 19.9 Å². The number of rotatable bonds is 5. The van der Waals surface area contributed by atoms with Gasteiger partial charge in [0.1, 0.15) is 5.82 Å². The zero-order chi connectivity index (χ0) is 14.5. The van der Waals surface area contributed by atoms with Crippen molar-refractivity contribution >= 4 is 36.4 Å². The highest BCUT2D eigenvalue weighted by Crippen LogP contribution is 2.24. The minimum atomic E-state index is -0.281. The Bertz CT molecular complexity index is 496. The molecule has 0 aliphatic carbocycles. The van der Waals surface area contributed by atoms with Crippen LogP contribution in [-0.2, 0) is 17.8 Å². The van der Waals surface area contributed by atoms with Crippen LogP contribution in [-0.4, -0.2) is 37.0 Å². The molecule has 1 aromatic carbocycles. The first kappa shape index (κ1) is 21.1. The molecule has 1 aliphatic rings. The maximum atomic E-state index is 14.4. The highest BCUT2D eigenvalue weighted by molar-refractivity contribution is 5.92. The Morgan fingerprint density at radius 1 is 1.32 bits per heavy atom. The summed E-state index contributed by atoms with van der Waals surface area (Å²) in [6.45, 7) is 7.39. The van der Waals surface area contributed by atoms with Crippen LogP contribution in [0.1, 0.15) is 25.0 Å². The van der Waals surface area contributed by atoms with Crippen molar-refractivity contribution in [2.24, 2.45) is 0 Å². The van der Waals surface area contributed by atoms with Crippen molar-refractivity contribution in [1.29, 1.82) is 0 Å². The first-order valence-electron chi connectivity index (χ1n) is 7.18. The predicted molar refractivity (Wildman–Crippen MR) is 92.7 cm³/mol. The molecule has 1 amide bonds. The first-order chi connectivity index (χ1) is 9.65. The van der Waals surface area contributed by atoms with Crippen molar-refractivity contribution in [3.63, 3.8) is 0 Å². The van der Waals surface area contributed by atoms with Crippen molar-refractivity contribution in [2.75, 3.05) is 31.5 Å². The second-order valence-electron chi connectivity index (χ2n) is 5.00. The van der Waals surface area contributed by atoms with Gasteiger partial charge in [0, 0.05) is 6.54 Å². The van der Waals surface area contributed by atoms with E-state index in [2.05, 4.69) is 10.6 Å². The van der Waals surface area contributed by atoms with Crippen LogP contribution in [0.4, 0.5) is 10.1 Å². The normalized spacial score (nSPS) is 12.9. The lowest BCUT2D eigenvalue weighted by molar-refractivity contribution is -0.117. The number of amides is 1. The summed E-state index contributed by atoms with van der Waals surface area (Å²) in [5.41, 5.74) is 2.00. The van der Waals surface area contributed by atoms with Crippen LogP contribution in [0.3, 0.4) is 0 Å². The fraction of sp³-hybridized carbons (Fsp3) is 0.533. The monoisotopic (exact) mass is 351 g/mol. The number of hydrogen-bond donors (Lipinski definition) is 2. The Morgan fingerprint density at radius 3 is 2.64 bits per heavy atom. The van der Waals surface area contributed by atoms with Gasteiger partial charge in [-0.2, -0.15) is 0 Å². The number of halogens is 3. The van der Waals surface area contributed by atoms with Crippen molar-refractivity contribution in [2.45, 2.75) is 26.8 Å². The largest absolute Gasteiger partial charge is 0.322 e. The summed E-state index contributed by atoms with van der Waals surface area (Å²) in [5, 5.41) is 5.89. The number of anilines is 1. The number of fused-ring (bicyclic) bond motifs is 1. The standard InChI is InChI=1S/C15H22FN3O.2ClH/c1-3-19(4-2)10-14(20)18-13-6-5-11-9-17-8-7-12(11)15(13)16;;/h5-6,17H,3-4,7-10H2,1-2H3,(H,18,20);2*1H. The molecule has 1 heterocycles. The fourth-order valence-electron chi connectivity index (χ4n) is 2.47. The van der Waals surface area contributed by atoms with E-state index in [9.17, 15) is 9.18 Å². The molecule has 0 fully saturated rings. The van der Waals surface area contributed by atoms with Gasteiger partial charge in [0.25, 0.3) is 0 Å². The topological polar surface area (TPSA) is 44.4 Å². The number of likely N-dealkylation sites (N-methyl/N-ethyl adjacent to an activating group) is 1. The van der Waals surface area contributed by atoms with Crippen molar-refractivity contribution in [3.8, 4) is 0 Å². The molecular formula is C15H24Cl2FN3O. The summed E-state index contributed by atoms with van der Waals surface area (Å²) in [6.07, 6.45) is 0.668. The second-order valence-corrected chi connectivity index (χ2v) is 5.00. The lowest BCUT2D eigenvalue weighted by atomic mass is 9.99. The Morgan fingerprint density at radius 2 is 2.00 bits per heavy atom. The average molecular weight is 352 g/mol. The van der Waals surface area contributed by atoms with Gasteiger partial charge in [-0.05, 0) is 43.2 Å². The average Bonchev–Trinajstić information content (AvgIpc) is 2.48. The molecule has 126 valence electrons. The third kappa shape index (κ3) is 5.09. The van der Waals surface area contributed by atoms with Crippen LogP contribution < -0.4 is 10.6 Å². The summed E-state index contributed by atoms with van der Waals surface area (Å²) in [4.78, 5) is 13.9. The minimum absolute atomic E-state index is 0. The van der Waals surface area contributed by atoms with Gasteiger partial charge in [0.05, 0.1) is 12.2 Å². The van der Waals surface area contributed by atoms with E-state index < -0.39 is 0 Å². The quantitative estimate of drug-likeness (QED) is 0.856. The minimum Gasteiger partial charge on any atom is -0.322 e. The van der Waals surface area contributed by atoms with Crippen molar-refractivity contribution < 1.29 is 9.18 Å². The molecule has 0 saturated heterocycles. The second kappa shape index (κ2) is 10.0. The number of carbonyl (C=O) groups excluding carboxylic acids is 1. The van der Waals surface area contributed by atoms with Gasteiger partial charge < -0.3 is 10.6 Å². The van der Waals surface area contributed by atoms with E-state index in [1.54, 1.807) is 6.07 Å². The van der Waals surface area contributed by atoms with Gasteiger partial charge in [0.15, 0.2) is 0 Å². The van der Waals surface area contributed by atoms with Crippen LogP contribution in [0.25, 0.3) is 0 Å². The van der Waals surface area contributed by atoms with Crippen LogP contribution in [0.5, 0.6) is 0 Å². The summed E-state index contributed by atoms with van der Waals surface area (Å²) >= 11 is 0. The predicted octanol–water partition coefficient (Wildman–Crippen LogP) is 2.60. The Kier molecular flexibility index (Phi) is 9.60. The highest BCUT2D eigenvalue weighted by atomic mass is 35.5. The molecule has 0 aromatic heterocycles. The number of hydrogen-bond acceptors (Lipinski definition) is 3. The molecule has 0 saturated carbocycles. The van der Waals surface area contributed by atoms with Crippen molar-refractivity contribution in [3.05, 3.63) is 29.1 Å². The van der Waals surface area contributed by atoms with Crippen LogP contribution in [0, 0.1) is 5.82 Å². The Hall–Kier alpha value is -0.880. The lowest BCUT2D eigenvalue weighted by Crippen LogP contribution is -2.33. The van der Waals surface area contributed by atoms with Gasteiger partial charge in [-0.15, -0.1) is 24.8 Å². The molecule has 0 spiro atoms.